The Morgan fingerprint density at radius 1 is 1.29 bits per heavy atom. The highest BCUT2D eigenvalue weighted by Crippen LogP contribution is 2.48. The van der Waals surface area contributed by atoms with Crippen LogP contribution in [0.5, 0.6) is 0 Å². The molecule has 0 spiro atoms. The van der Waals surface area contributed by atoms with Crippen LogP contribution in [0.4, 0.5) is 0 Å². The smallest absolute Gasteiger partial charge is 0.139 e. The van der Waals surface area contributed by atoms with Gasteiger partial charge < -0.3 is 0 Å². The van der Waals surface area contributed by atoms with Crippen molar-refractivity contribution in [3.63, 3.8) is 0 Å². The second-order valence-electron chi connectivity index (χ2n) is 4.42. The zero-order valence-corrected chi connectivity index (χ0v) is 8.73. The van der Waals surface area contributed by atoms with E-state index >= 15 is 0 Å². The third-order valence-electron chi connectivity index (χ3n) is 2.95. The maximum atomic E-state index is 11.7. The number of ketones is 1. The van der Waals surface area contributed by atoms with Crippen LogP contribution >= 0.6 is 0 Å². The molecule has 1 aromatic carbocycles. The number of Topliss-reactive ketones (excluding diaryl/α,β-unsaturated/α-hetero) is 1. The summed E-state index contributed by atoms with van der Waals surface area (Å²) >= 11 is 0. The average Bonchev–Trinajstić information content (AvgIpc) is 2.97. The SMILES string of the molecule is CC(C)C(=O)C1C[C@H]1c1ccccc1. The van der Waals surface area contributed by atoms with Gasteiger partial charge in [0.2, 0.25) is 0 Å². The van der Waals surface area contributed by atoms with Gasteiger partial charge in [-0.1, -0.05) is 44.2 Å². The standard InChI is InChI=1S/C13H16O/c1-9(2)13(14)12-8-11(12)10-6-4-3-5-7-10/h3-7,9,11-12H,8H2,1-2H3/t11-,12?/m0/s1. The van der Waals surface area contributed by atoms with E-state index in [1.807, 2.05) is 32.0 Å². The van der Waals surface area contributed by atoms with E-state index in [1.165, 1.54) is 5.56 Å². The van der Waals surface area contributed by atoms with Gasteiger partial charge in [-0.25, -0.2) is 0 Å². The molecule has 1 saturated carbocycles. The summed E-state index contributed by atoms with van der Waals surface area (Å²) in [5.41, 5.74) is 1.33. The first-order valence-electron chi connectivity index (χ1n) is 5.29. The second kappa shape index (κ2) is 3.56. The number of carbonyl (C=O) groups excluding carboxylic acids is 1. The van der Waals surface area contributed by atoms with Crippen LogP contribution in [0, 0.1) is 11.8 Å². The van der Waals surface area contributed by atoms with Crippen molar-refractivity contribution in [1.29, 1.82) is 0 Å². The molecule has 0 bridgehead atoms. The van der Waals surface area contributed by atoms with Crippen LogP contribution in [0.3, 0.4) is 0 Å². The first-order valence-corrected chi connectivity index (χ1v) is 5.29. The molecule has 74 valence electrons. The summed E-state index contributed by atoms with van der Waals surface area (Å²) in [6.07, 6.45) is 1.06. The maximum Gasteiger partial charge on any atom is 0.139 e. The van der Waals surface area contributed by atoms with Gasteiger partial charge in [-0.2, -0.15) is 0 Å². The monoisotopic (exact) mass is 188 g/mol. The summed E-state index contributed by atoms with van der Waals surface area (Å²) in [5.74, 6) is 1.43. The lowest BCUT2D eigenvalue weighted by Crippen LogP contribution is -2.09. The largest absolute Gasteiger partial charge is 0.299 e. The molecular formula is C13H16O. The molecule has 0 amide bonds. The molecule has 0 N–H and O–H groups in total. The fourth-order valence-corrected chi connectivity index (χ4v) is 2.01. The van der Waals surface area contributed by atoms with E-state index in [9.17, 15) is 4.79 Å². The molecule has 1 aliphatic carbocycles. The fraction of sp³-hybridized carbons (Fsp3) is 0.462. The van der Waals surface area contributed by atoms with Crippen LogP contribution in [0.25, 0.3) is 0 Å². The predicted octanol–water partition coefficient (Wildman–Crippen LogP) is 3.02. The number of carbonyl (C=O) groups is 1. The molecule has 1 heteroatoms. The van der Waals surface area contributed by atoms with Crippen molar-refractivity contribution < 1.29 is 4.79 Å². The molecule has 1 aromatic rings. The molecule has 0 aliphatic heterocycles. The summed E-state index contributed by atoms with van der Waals surface area (Å²) in [7, 11) is 0. The summed E-state index contributed by atoms with van der Waals surface area (Å²) in [5, 5.41) is 0. The van der Waals surface area contributed by atoms with E-state index in [-0.39, 0.29) is 5.92 Å². The van der Waals surface area contributed by atoms with Crippen LogP contribution in [0.2, 0.25) is 0 Å². The Hall–Kier alpha value is -1.11. The lowest BCUT2D eigenvalue weighted by molar-refractivity contribution is -0.123. The number of benzene rings is 1. The zero-order valence-electron chi connectivity index (χ0n) is 8.73. The lowest BCUT2D eigenvalue weighted by atomic mass is 10.0. The highest BCUT2D eigenvalue weighted by Gasteiger charge is 2.43. The molecule has 0 radical (unpaired) electrons. The Morgan fingerprint density at radius 2 is 1.93 bits per heavy atom. The molecule has 2 rings (SSSR count). The molecule has 1 aliphatic rings. The van der Waals surface area contributed by atoms with Gasteiger partial charge in [-0.15, -0.1) is 0 Å². The number of rotatable bonds is 3. The van der Waals surface area contributed by atoms with Gasteiger partial charge in [0.1, 0.15) is 5.78 Å². The van der Waals surface area contributed by atoms with Gasteiger partial charge in [-0.3, -0.25) is 4.79 Å². The van der Waals surface area contributed by atoms with Crippen molar-refractivity contribution in [3.8, 4) is 0 Å². The van der Waals surface area contributed by atoms with Gasteiger partial charge in [0.15, 0.2) is 0 Å². The quantitative estimate of drug-likeness (QED) is 0.712. The predicted molar refractivity (Wildman–Crippen MR) is 57.1 cm³/mol. The van der Waals surface area contributed by atoms with E-state index in [2.05, 4.69) is 12.1 Å². The van der Waals surface area contributed by atoms with Gasteiger partial charge in [0.05, 0.1) is 0 Å². The van der Waals surface area contributed by atoms with Crippen molar-refractivity contribution in [3.05, 3.63) is 35.9 Å². The van der Waals surface area contributed by atoms with Crippen molar-refractivity contribution in [2.24, 2.45) is 11.8 Å². The summed E-state index contributed by atoms with van der Waals surface area (Å²) in [4.78, 5) is 11.7. The molecule has 0 heterocycles. The Morgan fingerprint density at radius 3 is 2.50 bits per heavy atom. The Bertz CT molecular complexity index is 326. The van der Waals surface area contributed by atoms with Crippen molar-refractivity contribution >= 4 is 5.78 Å². The number of hydrogen-bond donors (Lipinski definition) is 0. The minimum Gasteiger partial charge on any atom is -0.299 e. The van der Waals surface area contributed by atoms with E-state index in [0.29, 0.717) is 17.6 Å². The van der Waals surface area contributed by atoms with E-state index in [4.69, 9.17) is 0 Å². The van der Waals surface area contributed by atoms with E-state index in [1.54, 1.807) is 0 Å². The Balaban J connectivity index is 2.03. The molecule has 1 fully saturated rings. The molecule has 2 atom stereocenters. The molecular weight excluding hydrogens is 172 g/mol. The molecule has 1 unspecified atom stereocenters. The lowest BCUT2D eigenvalue weighted by Gasteiger charge is -2.02. The summed E-state index contributed by atoms with van der Waals surface area (Å²) < 4.78 is 0. The first kappa shape index (κ1) is 9.45. The highest BCUT2D eigenvalue weighted by atomic mass is 16.1. The second-order valence-corrected chi connectivity index (χ2v) is 4.42. The third-order valence-corrected chi connectivity index (χ3v) is 2.95. The maximum absolute atomic E-state index is 11.7. The summed E-state index contributed by atoms with van der Waals surface area (Å²) in [6.45, 7) is 3.98. The minimum absolute atomic E-state index is 0.189. The van der Waals surface area contributed by atoms with Crippen molar-refractivity contribution in [1.82, 2.24) is 0 Å². The normalized spacial score (nSPS) is 25.1. The molecule has 0 aromatic heterocycles. The first-order chi connectivity index (χ1) is 6.70. The van der Waals surface area contributed by atoms with Crippen LogP contribution in [0.15, 0.2) is 30.3 Å². The van der Waals surface area contributed by atoms with E-state index in [0.717, 1.165) is 6.42 Å². The molecule has 1 nitrogen and oxygen atoms in total. The fourth-order valence-electron chi connectivity index (χ4n) is 2.01. The van der Waals surface area contributed by atoms with Crippen molar-refractivity contribution in [2.75, 3.05) is 0 Å². The Labute approximate surface area is 85.1 Å². The van der Waals surface area contributed by atoms with Crippen LogP contribution in [0.1, 0.15) is 31.7 Å². The van der Waals surface area contributed by atoms with Crippen LogP contribution in [-0.2, 0) is 4.79 Å². The number of hydrogen-bond acceptors (Lipinski definition) is 1. The third kappa shape index (κ3) is 1.72. The van der Waals surface area contributed by atoms with Gasteiger partial charge in [0.25, 0.3) is 0 Å². The van der Waals surface area contributed by atoms with Gasteiger partial charge >= 0.3 is 0 Å². The highest BCUT2D eigenvalue weighted by molar-refractivity contribution is 5.86. The van der Waals surface area contributed by atoms with Crippen LogP contribution in [-0.4, -0.2) is 5.78 Å². The average molecular weight is 188 g/mol. The van der Waals surface area contributed by atoms with Gasteiger partial charge in [-0.05, 0) is 17.9 Å². The molecule has 14 heavy (non-hydrogen) atoms. The molecule has 0 saturated heterocycles. The summed E-state index contributed by atoms with van der Waals surface area (Å²) in [6, 6.07) is 10.4. The Kier molecular flexibility index (Phi) is 2.40. The van der Waals surface area contributed by atoms with Gasteiger partial charge in [0, 0.05) is 11.8 Å². The zero-order chi connectivity index (χ0) is 10.1. The van der Waals surface area contributed by atoms with Crippen LogP contribution < -0.4 is 0 Å². The topological polar surface area (TPSA) is 17.1 Å². The minimum atomic E-state index is 0.189. The van der Waals surface area contributed by atoms with Crippen molar-refractivity contribution in [2.45, 2.75) is 26.2 Å². The van der Waals surface area contributed by atoms with E-state index < -0.39 is 0 Å².